The first-order valence-corrected chi connectivity index (χ1v) is 11.8. The highest BCUT2D eigenvalue weighted by Crippen LogP contribution is 2.67. The van der Waals surface area contributed by atoms with Crippen LogP contribution in [0.1, 0.15) is 95.6 Å². The van der Waals surface area contributed by atoms with Crippen LogP contribution in [0.3, 0.4) is 0 Å². The molecule has 0 amide bonds. The molecule has 4 aliphatic carbocycles. The van der Waals surface area contributed by atoms with E-state index in [0.717, 1.165) is 23.5 Å². The number of aryl methyl sites for hydroxylation is 1. The molecule has 1 aromatic rings. The van der Waals surface area contributed by atoms with E-state index in [2.05, 4.69) is 43.9 Å². The minimum Gasteiger partial charge on any atom is -0.490 e. The third kappa shape index (κ3) is 2.74. The van der Waals surface area contributed by atoms with Crippen molar-refractivity contribution in [2.45, 2.75) is 97.0 Å². The molecule has 3 fully saturated rings. The fraction of sp³-hybridized carbons (Fsp3) is 0.704. The van der Waals surface area contributed by atoms with E-state index in [1.165, 1.54) is 64.2 Å². The lowest BCUT2D eigenvalue weighted by Gasteiger charge is -2.53. The van der Waals surface area contributed by atoms with Crippen LogP contribution in [0, 0.1) is 34.5 Å². The van der Waals surface area contributed by atoms with Crippen LogP contribution in [-0.4, -0.2) is 6.10 Å². The SMILES string of the molecule is CC#C[C@@]1(C)CC[C@H]2[C@@H]3CCc4cc(OC5CCCC5)ccc4[C@H]3CC[C@@]21C. The van der Waals surface area contributed by atoms with Gasteiger partial charge in [-0.1, -0.05) is 18.9 Å². The van der Waals surface area contributed by atoms with Gasteiger partial charge in [-0.05, 0) is 124 Å². The summed E-state index contributed by atoms with van der Waals surface area (Å²) in [6.07, 6.45) is 13.5. The Bertz CT molecular complexity index is 807. The van der Waals surface area contributed by atoms with Gasteiger partial charge in [-0.25, -0.2) is 0 Å². The summed E-state index contributed by atoms with van der Waals surface area (Å²) in [6, 6.07) is 7.09. The Morgan fingerprint density at radius 2 is 1.82 bits per heavy atom. The summed E-state index contributed by atoms with van der Waals surface area (Å²) in [7, 11) is 0. The molecule has 5 rings (SSSR count). The lowest BCUT2D eigenvalue weighted by Crippen LogP contribution is -2.45. The van der Waals surface area contributed by atoms with Crippen LogP contribution in [-0.2, 0) is 6.42 Å². The van der Waals surface area contributed by atoms with Gasteiger partial charge in [-0.2, -0.15) is 0 Å². The van der Waals surface area contributed by atoms with E-state index in [9.17, 15) is 0 Å². The van der Waals surface area contributed by atoms with E-state index < -0.39 is 0 Å². The van der Waals surface area contributed by atoms with Crippen molar-refractivity contribution < 1.29 is 4.74 Å². The van der Waals surface area contributed by atoms with Crippen molar-refractivity contribution in [1.82, 2.24) is 0 Å². The van der Waals surface area contributed by atoms with E-state index in [-0.39, 0.29) is 5.41 Å². The van der Waals surface area contributed by atoms with Crippen molar-refractivity contribution in [3.8, 4) is 17.6 Å². The first-order chi connectivity index (χ1) is 13.5. The highest BCUT2D eigenvalue weighted by Gasteiger charge is 2.59. The largest absolute Gasteiger partial charge is 0.490 e. The monoisotopic (exact) mass is 376 g/mol. The van der Waals surface area contributed by atoms with Crippen LogP contribution in [0.15, 0.2) is 18.2 Å². The van der Waals surface area contributed by atoms with Crippen LogP contribution in [0.2, 0.25) is 0 Å². The Hall–Kier alpha value is -1.42. The minimum absolute atomic E-state index is 0.219. The second-order valence-corrected chi connectivity index (χ2v) is 10.5. The molecule has 1 aromatic carbocycles. The molecule has 0 spiro atoms. The summed E-state index contributed by atoms with van der Waals surface area (Å²) in [5, 5.41) is 0. The first kappa shape index (κ1) is 18.6. The van der Waals surface area contributed by atoms with Crippen LogP contribution in [0.4, 0.5) is 0 Å². The summed E-state index contributed by atoms with van der Waals surface area (Å²) in [6.45, 7) is 7.04. The predicted octanol–water partition coefficient (Wildman–Crippen LogP) is 6.89. The molecule has 0 aromatic heterocycles. The average Bonchev–Trinajstić information content (AvgIpc) is 3.28. The molecule has 1 heteroatoms. The molecule has 0 radical (unpaired) electrons. The number of hydrogen-bond acceptors (Lipinski definition) is 1. The minimum atomic E-state index is 0.219. The number of benzene rings is 1. The first-order valence-electron chi connectivity index (χ1n) is 11.8. The van der Waals surface area contributed by atoms with E-state index in [4.69, 9.17) is 4.74 Å². The molecule has 0 aliphatic heterocycles. The fourth-order valence-corrected chi connectivity index (χ4v) is 7.58. The molecule has 28 heavy (non-hydrogen) atoms. The number of ether oxygens (including phenoxy) is 1. The summed E-state index contributed by atoms with van der Waals surface area (Å²) in [4.78, 5) is 0. The molecule has 4 aliphatic rings. The highest BCUT2D eigenvalue weighted by atomic mass is 16.5. The average molecular weight is 377 g/mol. The number of fused-ring (bicyclic) bond motifs is 5. The Labute approximate surface area is 171 Å². The molecule has 0 heterocycles. The van der Waals surface area contributed by atoms with Crippen LogP contribution in [0.5, 0.6) is 5.75 Å². The lowest BCUT2D eigenvalue weighted by atomic mass is 9.51. The smallest absolute Gasteiger partial charge is 0.120 e. The van der Waals surface area contributed by atoms with Crippen molar-refractivity contribution in [3.05, 3.63) is 29.3 Å². The van der Waals surface area contributed by atoms with Gasteiger partial charge in [-0.15, -0.1) is 5.92 Å². The van der Waals surface area contributed by atoms with Crippen LogP contribution in [0.25, 0.3) is 0 Å². The maximum atomic E-state index is 6.30. The second-order valence-electron chi connectivity index (χ2n) is 10.5. The third-order valence-electron chi connectivity index (χ3n) is 9.31. The quantitative estimate of drug-likeness (QED) is 0.510. The van der Waals surface area contributed by atoms with E-state index >= 15 is 0 Å². The molecule has 0 unspecified atom stereocenters. The molecule has 5 atom stereocenters. The van der Waals surface area contributed by atoms with Gasteiger partial charge in [0.05, 0.1) is 6.10 Å². The molecule has 150 valence electrons. The van der Waals surface area contributed by atoms with Crippen molar-refractivity contribution in [2.24, 2.45) is 22.7 Å². The Balaban J connectivity index is 1.39. The summed E-state index contributed by atoms with van der Waals surface area (Å²) in [5.74, 6) is 10.5. The van der Waals surface area contributed by atoms with Crippen LogP contribution < -0.4 is 4.74 Å². The summed E-state index contributed by atoms with van der Waals surface area (Å²) >= 11 is 0. The van der Waals surface area contributed by atoms with E-state index in [1.54, 1.807) is 11.1 Å². The normalized spacial score (nSPS) is 39.5. The van der Waals surface area contributed by atoms with Gasteiger partial charge in [0.2, 0.25) is 0 Å². The Morgan fingerprint density at radius 3 is 2.61 bits per heavy atom. The van der Waals surface area contributed by atoms with Crippen molar-refractivity contribution in [3.63, 3.8) is 0 Å². The van der Waals surface area contributed by atoms with Crippen LogP contribution >= 0.6 is 0 Å². The molecular formula is C27H36O. The zero-order valence-electron chi connectivity index (χ0n) is 18.0. The summed E-state index contributed by atoms with van der Waals surface area (Å²) < 4.78 is 6.30. The second kappa shape index (κ2) is 6.83. The molecule has 0 bridgehead atoms. The zero-order valence-corrected chi connectivity index (χ0v) is 18.0. The highest BCUT2D eigenvalue weighted by molar-refractivity contribution is 5.41. The molecule has 1 nitrogen and oxygen atoms in total. The van der Waals surface area contributed by atoms with Gasteiger partial charge in [-0.3, -0.25) is 0 Å². The van der Waals surface area contributed by atoms with Gasteiger partial charge >= 0.3 is 0 Å². The molecular weight excluding hydrogens is 340 g/mol. The Morgan fingerprint density at radius 1 is 1.00 bits per heavy atom. The van der Waals surface area contributed by atoms with Gasteiger partial charge in [0.1, 0.15) is 5.75 Å². The van der Waals surface area contributed by atoms with E-state index in [0.29, 0.717) is 11.5 Å². The maximum Gasteiger partial charge on any atom is 0.120 e. The zero-order chi connectivity index (χ0) is 19.4. The van der Waals surface area contributed by atoms with Crippen molar-refractivity contribution in [1.29, 1.82) is 0 Å². The van der Waals surface area contributed by atoms with Crippen molar-refractivity contribution in [2.75, 3.05) is 0 Å². The topological polar surface area (TPSA) is 9.23 Å². The molecule has 0 N–H and O–H groups in total. The standard InChI is InChI=1S/C27H36O/c1-4-15-26(2)16-14-25-24-11-9-19-18-21(28-20-7-5-6-8-20)10-12-22(19)23(24)13-17-27(25,26)3/h10,12,18,20,23-25H,5-9,11,13-14,16-17H2,1-3H3/t23-,24-,25+,26+,27+/m1/s1. The van der Waals surface area contributed by atoms with Gasteiger partial charge in [0.25, 0.3) is 0 Å². The summed E-state index contributed by atoms with van der Waals surface area (Å²) in [5.41, 5.74) is 3.85. The molecule has 3 saturated carbocycles. The number of rotatable bonds is 2. The van der Waals surface area contributed by atoms with E-state index in [1.807, 2.05) is 6.92 Å². The fourth-order valence-electron chi connectivity index (χ4n) is 7.58. The third-order valence-corrected chi connectivity index (χ3v) is 9.31. The Kier molecular flexibility index (Phi) is 4.53. The van der Waals surface area contributed by atoms with Gasteiger partial charge < -0.3 is 4.74 Å². The van der Waals surface area contributed by atoms with Gasteiger partial charge in [0, 0.05) is 5.41 Å². The number of hydrogen-bond donors (Lipinski definition) is 0. The van der Waals surface area contributed by atoms with Crippen molar-refractivity contribution >= 4 is 0 Å². The maximum absolute atomic E-state index is 6.30. The predicted molar refractivity (Wildman–Crippen MR) is 116 cm³/mol. The molecule has 0 saturated heterocycles. The lowest BCUT2D eigenvalue weighted by molar-refractivity contribution is 0.00880. The van der Waals surface area contributed by atoms with Gasteiger partial charge in [0.15, 0.2) is 0 Å².